The Balaban J connectivity index is 2.62. The van der Waals surface area contributed by atoms with Gasteiger partial charge in [0.15, 0.2) is 0 Å². The summed E-state index contributed by atoms with van der Waals surface area (Å²) in [5.74, 6) is 0. The number of hydrogen-bond donors (Lipinski definition) is 0. The Hall–Kier alpha value is -1.50. The maximum atomic E-state index is 3.73. The third-order valence-corrected chi connectivity index (χ3v) is 2.02. The number of fused-ring (bicyclic) bond motifs is 1. The molecule has 2 heterocycles. The summed E-state index contributed by atoms with van der Waals surface area (Å²) >= 11 is 0. The maximum Gasteiger partial charge on any atom is 0.0485 e. The number of nitrogens with zero attached hydrogens (tertiary/aromatic N) is 1. The summed E-state index contributed by atoms with van der Waals surface area (Å²) in [4.78, 5) is 0. The van der Waals surface area contributed by atoms with Crippen LogP contribution < -0.4 is 0 Å². The van der Waals surface area contributed by atoms with Gasteiger partial charge in [-0.2, -0.15) is 0 Å². The molecule has 0 aliphatic carbocycles. The van der Waals surface area contributed by atoms with E-state index < -0.39 is 0 Å². The molecule has 1 heteroatoms. The topological polar surface area (TPSA) is 4.41 Å². The third kappa shape index (κ3) is 1.03. The first-order chi connectivity index (χ1) is 5.92. The molecule has 1 nitrogen and oxygen atoms in total. The van der Waals surface area contributed by atoms with Crippen LogP contribution in [0.5, 0.6) is 0 Å². The lowest BCUT2D eigenvalue weighted by molar-refractivity contribution is 1.19. The molecule has 0 N–H and O–H groups in total. The molecule has 0 bridgehead atoms. The van der Waals surface area contributed by atoms with Crippen LogP contribution in [0, 0.1) is 0 Å². The molecule has 0 aliphatic heterocycles. The summed E-state index contributed by atoms with van der Waals surface area (Å²) in [6.07, 6.45) is 7.01. The fraction of sp³-hybridized carbons (Fsp3) is 0.0909. The van der Waals surface area contributed by atoms with Crippen LogP contribution in [0.4, 0.5) is 0 Å². The molecule has 0 radical (unpaired) electrons. The van der Waals surface area contributed by atoms with Crippen LogP contribution in [0.3, 0.4) is 0 Å². The van der Waals surface area contributed by atoms with E-state index in [1.54, 1.807) is 0 Å². The second-order valence-corrected chi connectivity index (χ2v) is 2.83. The first-order valence-electron chi connectivity index (χ1n) is 4.07. The molecule has 0 saturated carbocycles. The summed E-state index contributed by atoms with van der Waals surface area (Å²) in [7, 11) is 0. The van der Waals surface area contributed by atoms with Gasteiger partial charge in [0.05, 0.1) is 0 Å². The second-order valence-electron chi connectivity index (χ2n) is 2.83. The van der Waals surface area contributed by atoms with E-state index in [1.165, 1.54) is 11.1 Å². The Kier molecular flexibility index (Phi) is 1.71. The van der Waals surface area contributed by atoms with Crippen molar-refractivity contribution in [3.63, 3.8) is 0 Å². The van der Waals surface area contributed by atoms with E-state index >= 15 is 0 Å². The lowest BCUT2D eigenvalue weighted by atomic mass is 10.2. The molecule has 0 spiro atoms. The smallest absolute Gasteiger partial charge is 0.0485 e. The molecule has 2 rings (SSSR count). The minimum absolute atomic E-state index is 0.945. The van der Waals surface area contributed by atoms with Crippen molar-refractivity contribution < 1.29 is 0 Å². The highest BCUT2D eigenvalue weighted by Gasteiger charge is 1.97. The van der Waals surface area contributed by atoms with E-state index in [-0.39, 0.29) is 0 Å². The van der Waals surface area contributed by atoms with Gasteiger partial charge in [0.1, 0.15) is 0 Å². The molecule has 0 amide bonds. The van der Waals surface area contributed by atoms with Crippen molar-refractivity contribution in [3.05, 3.63) is 54.9 Å². The summed E-state index contributed by atoms with van der Waals surface area (Å²) in [5.41, 5.74) is 2.61. The highest BCUT2D eigenvalue weighted by molar-refractivity contribution is 5.56. The van der Waals surface area contributed by atoms with Crippen molar-refractivity contribution in [2.75, 3.05) is 0 Å². The Morgan fingerprint density at radius 3 is 3.00 bits per heavy atom. The lowest BCUT2D eigenvalue weighted by Gasteiger charge is -1.95. The summed E-state index contributed by atoms with van der Waals surface area (Å²) in [6, 6.07) is 8.35. The highest BCUT2D eigenvalue weighted by atomic mass is 14.8. The van der Waals surface area contributed by atoms with Gasteiger partial charge in [0, 0.05) is 17.9 Å². The Labute approximate surface area is 72.0 Å². The zero-order valence-corrected chi connectivity index (χ0v) is 6.90. The van der Waals surface area contributed by atoms with Gasteiger partial charge in [0.2, 0.25) is 0 Å². The fourth-order valence-corrected chi connectivity index (χ4v) is 1.44. The Morgan fingerprint density at radius 2 is 2.17 bits per heavy atom. The van der Waals surface area contributed by atoms with E-state index in [0.717, 1.165) is 6.42 Å². The molecule has 2 aromatic rings. The van der Waals surface area contributed by atoms with Gasteiger partial charge >= 0.3 is 0 Å². The molecular formula is C11H11N. The molecule has 60 valence electrons. The van der Waals surface area contributed by atoms with Crippen molar-refractivity contribution in [2.45, 2.75) is 6.42 Å². The molecule has 0 aliphatic rings. The van der Waals surface area contributed by atoms with Crippen LogP contribution in [0.2, 0.25) is 0 Å². The normalized spacial score (nSPS) is 10.3. The molecule has 0 atom stereocenters. The molecule has 0 saturated heterocycles. The minimum atomic E-state index is 0.945. The van der Waals surface area contributed by atoms with Gasteiger partial charge in [-0.25, -0.2) is 0 Å². The number of hydrogen-bond acceptors (Lipinski definition) is 0. The SMILES string of the molecule is C=CCc1ccn2ccccc12. The minimum Gasteiger partial charge on any atom is -0.324 e. The maximum absolute atomic E-state index is 3.73. The first kappa shape index (κ1) is 7.17. The first-order valence-corrected chi connectivity index (χ1v) is 4.07. The fourth-order valence-electron chi connectivity index (χ4n) is 1.44. The number of allylic oxidation sites excluding steroid dienone is 1. The van der Waals surface area contributed by atoms with Crippen LogP contribution in [0.25, 0.3) is 5.52 Å². The molecule has 0 unspecified atom stereocenters. The van der Waals surface area contributed by atoms with Crippen LogP contribution in [0.15, 0.2) is 49.3 Å². The van der Waals surface area contributed by atoms with Crippen molar-refractivity contribution in [2.24, 2.45) is 0 Å². The van der Waals surface area contributed by atoms with Crippen molar-refractivity contribution >= 4 is 5.52 Å². The van der Waals surface area contributed by atoms with E-state index in [1.807, 2.05) is 12.1 Å². The quantitative estimate of drug-likeness (QED) is 0.590. The van der Waals surface area contributed by atoms with Gasteiger partial charge in [-0.3, -0.25) is 0 Å². The van der Waals surface area contributed by atoms with E-state index in [2.05, 4.69) is 41.6 Å². The molecular weight excluding hydrogens is 146 g/mol. The van der Waals surface area contributed by atoms with Crippen LogP contribution in [-0.4, -0.2) is 4.40 Å². The largest absolute Gasteiger partial charge is 0.324 e. The van der Waals surface area contributed by atoms with Gasteiger partial charge in [-0.05, 0) is 30.2 Å². The van der Waals surface area contributed by atoms with Crippen LogP contribution in [-0.2, 0) is 6.42 Å². The van der Waals surface area contributed by atoms with Crippen molar-refractivity contribution in [3.8, 4) is 0 Å². The van der Waals surface area contributed by atoms with Gasteiger partial charge in [-0.1, -0.05) is 12.1 Å². The molecule has 12 heavy (non-hydrogen) atoms. The highest BCUT2D eigenvalue weighted by Crippen LogP contribution is 2.12. The van der Waals surface area contributed by atoms with E-state index in [4.69, 9.17) is 0 Å². The standard InChI is InChI=1S/C11H11N/c1-2-5-10-7-9-12-8-4-3-6-11(10)12/h2-4,6-9H,1,5H2. The third-order valence-electron chi connectivity index (χ3n) is 2.02. The Bertz CT molecular complexity index is 398. The average Bonchev–Trinajstić information content (AvgIpc) is 2.50. The van der Waals surface area contributed by atoms with Crippen molar-refractivity contribution in [1.29, 1.82) is 0 Å². The number of aromatic nitrogens is 1. The molecule has 0 fully saturated rings. The van der Waals surface area contributed by atoms with Crippen LogP contribution in [0.1, 0.15) is 5.56 Å². The molecule has 2 aromatic heterocycles. The molecule has 0 aromatic carbocycles. The van der Waals surface area contributed by atoms with E-state index in [9.17, 15) is 0 Å². The van der Waals surface area contributed by atoms with Crippen LogP contribution >= 0.6 is 0 Å². The summed E-state index contributed by atoms with van der Waals surface area (Å²) in [6.45, 7) is 3.73. The zero-order chi connectivity index (χ0) is 8.39. The second kappa shape index (κ2) is 2.86. The predicted octanol–water partition coefficient (Wildman–Crippen LogP) is 2.67. The summed E-state index contributed by atoms with van der Waals surface area (Å²) in [5, 5.41) is 0. The van der Waals surface area contributed by atoms with Crippen molar-refractivity contribution in [1.82, 2.24) is 4.40 Å². The zero-order valence-electron chi connectivity index (χ0n) is 6.90. The van der Waals surface area contributed by atoms with Gasteiger partial charge in [-0.15, -0.1) is 6.58 Å². The lowest BCUT2D eigenvalue weighted by Crippen LogP contribution is -1.81. The van der Waals surface area contributed by atoms with Gasteiger partial charge in [0.25, 0.3) is 0 Å². The monoisotopic (exact) mass is 157 g/mol. The van der Waals surface area contributed by atoms with E-state index in [0.29, 0.717) is 0 Å². The average molecular weight is 157 g/mol. The summed E-state index contributed by atoms with van der Waals surface area (Å²) < 4.78 is 2.12. The van der Waals surface area contributed by atoms with Gasteiger partial charge < -0.3 is 4.40 Å². The number of pyridine rings is 1. The predicted molar refractivity (Wildman–Crippen MR) is 51.3 cm³/mol. The number of rotatable bonds is 2. The Morgan fingerprint density at radius 1 is 1.25 bits per heavy atom.